The quantitative estimate of drug-likeness (QED) is 0.319. The van der Waals surface area contributed by atoms with Crippen molar-refractivity contribution in [1.82, 2.24) is 14.8 Å². The first-order chi connectivity index (χ1) is 15.1. The van der Waals surface area contributed by atoms with Crippen LogP contribution in [0.1, 0.15) is 42.1 Å². The SMILES string of the molecule is COc1ccc(C(=O)CSc2nnc(-c3ccccc3Cl)n2C2CCCC2)cc1OC. The maximum atomic E-state index is 12.9. The Balaban J connectivity index is 1.59. The van der Waals surface area contributed by atoms with Crippen molar-refractivity contribution in [2.75, 3.05) is 20.0 Å². The molecule has 0 saturated heterocycles. The highest BCUT2D eigenvalue weighted by molar-refractivity contribution is 7.99. The molecule has 31 heavy (non-hydrogen) atoms. The smallest absolute Gasteiger partial charge is 0.192 e. The lowest BCUT2D eigenvalue weighted by Crippen LogP contribution is -2.10. The molecule has 3 aromatic rings. The van der Waals surface area contributed by atoms with Crippen LogP contribution < -0.4 is 9.47 Å². The van der Waals surface area contributed by atoms with E-state index in [1.165, 1.54) is 24.6 Å². The summed E-state index contributed by atoms with van der Waals surface area (Å²) < 4.78 is 12.7. The Morgan fingerprint density at radius 2 is 1.84 bits per heavy atom. The number of halogens is 1. The molecule has 0 amide bonds. The number of carbonyl (C=O) groups is 1. The molecule has 0 N–H and O–H groups in total. The van der Waals surface area contributed by atoms with Gasteiger partial charge < -0.3 is 9.47 Å². The van der Waals surface area contributed by atoms with Gasteiger partial charge in [0.15, 0.2) is 28.3 Å². The van der Waals surface area contributed by atoms with Crippen molar-refractivity contribution >= 4 is 29.1 Å². The van der Waals surface area contributed by atoms with E-state index in [-0.39, 0.29) is 11.5 Å². The summed E-state index contributed by atoms with van der Waals surface area (Å²) in [5.41, 5.74) is 1.44. The minimum Gasteiger partial charge on any atom is -0.493 e. The topological polar surface area (TPSA) is 66.2 Å². The van der Waals surface area contributed by atoms with E-state index in [0.29, 0.717) is 28.1 Å². The standard InChI is InChI=1S/C23H24ClN3O3S/c1-29-20-12-11-15(13-21(20)30-2)19(28)14-31-23-26-25-22(17-9-5-6-10-18(17)24)27(23)16-7-3-4-8-16/h5-6,9-13,16H,3-4,7-8,14H2,1-2H3. The number of ketones is 1. The van der Waals surface area contributed by atoms with Crippen molar-refractivity contribution in [3.05, 3.63) is 53.1 Å². The van der Waals surface area contributed by atoms with Gasteiger partial charge in [-0.25, -0.2) is 0 Å². The van der Waals surface area contributed by atoms with Gasteiger partial charge in [-0.15, -0.1) is 10.2 Å². The highest BCUT2D eigenvalue weighted by Gasteiger charge is 2.26. The van der Waals surface area contributed by atoms with Crippen LogP contribution in [0.25, 0.3) is 11.4 Å². The van der Waals surface area contributed by atoms with Gasteiger partial charge in [0.25, 0.3) is 0 Å². The van der Waals surface area contributed by atoms with E-state index >= 15 is 0 Å². The summed E-state index contributed by atoms with van der Waals surface area (Å²) in [4.78, 5) is 12.9. The van der Waals surface area contributed by atoms with Gasteiger partial charge in [0, 0.05) is 17.2 Å². The molecule has 162 valence electrons. The van der Waals surface area contributed by atoms with E-state index in [0.717, 1.165) is 29.4 Å². The summed E-state index contributed by atoms with van der Waals surface area (Å²) in [5, 5.41) is 10.3. The first kappa shape index (κ1) is 21.7. The third-order valence-electron chi connectivity index (χ3n) is 5.51. The Morgan fingerprint density at radius 1 is 1.10 bits per heavy atom. The number of aromatic nitrogens is 3. The van der Waals surface area contributed by atoms with Crippen molar-refractivity contribution in [2.24, 2.45) is 0 Å². The minimum absolute atomic E-state index is 0.00813. The molecule has 0 atom stereocenters. The Kier molecular flexibility index (Phi) is 6.83. The second kappa shape index (κ2) is 9.75. The molecule has 4 rings (SSSR count). The molecule has 1 heterocycles. The lowest BCUT2D eigenvalue weighted by atomic mass is 10.1. The number of nitrogens with zero attached hydrogens (tertiary/aromatic N) is 3. The van der Waals surface area contributed by atoms with Crippen LogP contribution in [-0.4, -0.2) is 40.5 Å². The molecule has 1 aromatic heterocycles. The van der Waals surface area contributed by atoms with Crippen LogP contribution in [-0.2, 0) is 0 Å². The molecule has 6 nitrogen and oxygen atoms in total. The molecule has 1 aliphatic carbocycles. The first-order valence-corrected chi connectivity index (χ1v) is 11.6. The van der Waals surface area contributed by atoms with Gasteiger partial charge in [-0.1, -0.05) is 48.3 Å². The first-order valence-electron chi connectivity index (χ1n) is 10.2. The van der Waals surface area contributed by atoms with Crippen LogP contribution in [0.5, 0.6) is 11.5 Å². The van der Waals surface area contributed by atoms with E-state index in [9.17, 15) is 4.79 Å². The molecule has 0 radical (unpaired) electrons. The fourth-order valence-corrected chi connectivity index (χ4v) is 5.04. The molecule has 0 aliphatic heterocycles. The van der Waals surface area contributed by atoms with Gasteiger partial charge in [-0.2, -0.15) is 0 Å². The number of ether oxygens (including phenoxy) is 2. The molecule has 2 aromatic carbocycles. The lowest BCUT2D eigenvalue weighted by Gasteiger charge is -2.17. The van der Waals surface area contributed by atoms with Crippen LogP contribution in [0.2, 0.25) is 5.02 Å². The molecule has 0 unspecified atom stereocenters. The zero-order valence-electron chi connectivity index (χ0n) is 17.5. The zero-order chi connectivity index (χ0) is 21.8. The Morgan fingerprint density at radius 3 is 2.55 bits per heavy atom. The van der Waals surface area contributed by atoms with Crippen molar-refractivity contribution < 1.29 is 14.3 Å². The third kappa shape index (κ3) is 4.57. The third-order valence-corrected chi connectivity index (χ3v) is 6.78. The molecule has 0 spiro atoms. The summed E-state index contributed by atoms with van der Waals surface area (Å²) in [6, 6.07) is 13.2. The van der Waals surface area contributed by atoms with E-state index in [1.807, 2.05) is 24.3 Å². The van der Waals surface area contributed by atoms with E-state index < -0.39 is 0 Å². The van der Waals surface area contributed by atoms with Crippen LogP contribution in [0, 0.1) is 0 Å². The number of thioether (sulfide) groups is 1. The van der Waals surface area contributed by atoms with Gasteiger partial charge in [0.2, 0.25) is 0 Å². The van der Waals surface area contributed by atoms with Crippen LogP contribution >= 0.6 is 23.4 Å². The monoisotopic (exact) mass is 457 g/mol. The van der Waals surface area contributed by atoms with Crippen molar-refractivity contribution in [1.29, 1.82) is 0 Å². The average Bonchev–Trinajstić information content (AvgIpc) is 3.47. The maximum absolute atomic E-state index is 12.9. The molecule has 1 aliphatic rings. The minimum atomic E-state index is -0.00813. The number of carbonyl (C=O) groups excluding carboxylic acids is 1. The van der Waals surface area contributed by atoms with Crippen LogP contribution in [0.3, 0.4) is 0 Å². The number of Topliss-reactive ketones (excluding diaryl/α,β-unsaturated/α-hetero) is 1. The maximum Gasteiger partial charge on any atom is 0.192 e. The second-order valence-electron chi connectivity index (χ2n) is 7.38. The van der Waals surface area contributed by atoms with Gasteiger partial charge in [0.1, 0.15) is 0 Å². The highest BCUT2D eigenvalue weighted by atomic mass is 35.5. The summed E-state index contributed by atoms with van der Waals surface area (Å²) in [6.07, 6.45) is 4.51. The average molecular weight is 458 g/mol. The molecular formula is C23H24ClN3O3S. The predicted molar refractivity (Wildman–Crippen MR) is 123 cm³/mol. The van der Waals surface area contributed by atoms with E-state index in [1.54, 1.807) is 32.4 Å². The number of methoxy groups -OCH3 is 2. The summed E-state index contributed by atoms with van der Waals surface area (Å²) in [7, 11) is 3.13. The predicted octanol–water partition coefficient (Wildman–Crippen LogP) is 5.71. The van der Waals surface area contributed by atoms with E-state index in [4.69, 9.17) is 21.1 Å². The van der Waals surface area contributed by atoms with Crippen molar-refractivity contribution in [3.63, 3.8) is 0 Å². The molecule has 8 heteroatoms. The molecule has 0 bridgehead atoms. The summed E-state index contributed by atoms with van der Waals surface area (Å²) >= 11 is 7.85. The van der Waals surface area contributed by atoms with Crippen molar-refractivity contribution in [2.45, 2.75) is 36.9 Å². The number of hydrogen-bond donors (Lipinski definition) is 0. The Hall–Kier alpha value is -2.51. The van der Waals surface area contributed by atoms with Gasteiger partial charge in [0.05, 0.1) is 25.0 Å². The van der Waals surface area contributed by atoms with Gasteiger partial charge >= 0.3 is 0 Å². The van der Waals surface area contributed by atoms with Crippen molar-refractivity contribution in [3.8, 4) is 22.9 Å². The zero-order valence-corrected chi connectivity index (χ0v) is 19.1. The van der Waals surface area contributed by atoms with Crippen LogP contribution in [0.15, 0.2) is 47.6 Å². The lowest BCUT2D eigenvalue weighted by molar-refractivity contribution is 0.102. The van der Waals surface area contributed by atoms with Gasteiger partial charge in [-0.3, -0.25) is 9.36 Å². The summed E-state index contributed by atoms with van der Waals surface area (Å²) in [5.74, 6) is 2.14. The normalized spacial score (nSPS) is 14.0. The highest BCUT2D eigenvalue weighted by Crippen LogP contribution is 2.38. The molecule has 1 saturated carbocycles. The number of benzene rings is 2. The number of hydrogen-bond acceptors (Lipinski definition) is 6. The fourth-order valence-electron chi connectivity index (χ4n) is 3.92. The van der Waals surface area contributed by atoms with Crippen LogP contribution in [0.4, 0.5) is 0 Å². The fraction of sp³-hybridized carbons (Fsp3) is 0.348. The number of rotatable bonds is 8. The molecule has 1 fully saturated rings. The van der Waals surface area contributed by atoms with Gasteiger partial charge in [-0.05, 0) is 43.2 Å². The van der Waals surface area contributed by atoms with E-state index in [2.05, 4.69) is 14.8 Å². The summed E-state index contributed by atoms with van der Waals surface area (Å²) in [6.45, 7) is 0. The Labute approximate surface area is 190 Å². The second-order valence-corrected chi connectivity index (χ2v) is 8.73. The largest absolute Gasteiger partial charge is 0.493 e. The molecular weight excluding hydrogens is 434 g/mol. The Bertz CT molecular complexity index is 1080.